The van der Waals surface area contributed by atoms with E-state index < -0.39 is 8.32 Å². The number of ketones is 1. The summed E-state index contributed by atoms with van der Waals surface area (Å²) in [6, 6.07) is 5.25. The van der Waals surface area contributed by atoms with Gasteiger partial charge in [0, 0.05) is 16.6 Å². The molecular weight excluding hydrogens is 376 g/mol. The highest BCUT2D eigenvalue weighted by Gasteiger charge is 2.50. The molecule has 0 heterocycles. The van der Waals surface area contributed by atoms with Gasteiger partial charge in [0.05, 0.1) is 6.10 Å². The second-order valence-corrected chi connectivity index (χ2v) is 15.5. The minimum Gasteiger partial charge on any atom is -0.508 e. The molecule has 3 nitrogen and oxygen atoms in total. The molecule has 0 saturated carbocycles. The van der Waals surface area contributed by atoms with Gasteiger partial charge in [0.1, 0.15) is 5.75 Å². The van der Waals surface area contributed by atoms with Crippen LogP contribution in [0.3, 0.4) is 0 Å². The van der Waals surface area contributed by atoms with Crippen molar-refractivity contribution in [3.63, 3.8) is 0 Å². The number of aryl methyl sites for hydroxylation is 1. The van der Waals surface area contributed by atoms with Crippen LogP contribution < -0.4 is 0 Å². The summed E-state index contributed by atoms with van der Waals surface area (Å²) in [7, 11) is -1.86. The Labute approximate surface area is 176 Å². The molecule has 0 unspecified atom stereocenters. The molecule has 3 aliphatic carbocycles. The molecule has 1 aromatic carbocycles. The average Bonchev–Trinajstić information content (AvgIpc) is 2.87. The van der Waals surface area contributed by atoms with Gasteiger partial charge >= 0.3 is 0 Å². The Hall–Kier alpha value is -1.65. The molecule has 0 aliphatic heterocycles. The first-order valence-corrected chi connectivity index (χ1v) is 13.8. The van der Waals surface area contributed by atoms with E-state index in [4.69, 9.17) is 4.43 Å². The summed E-state index contributed by atoms with van der Waals surface area (Å²) >= 11 is 0. The number of phenols is 1. The first-order chi connectivity index (χ1) is 13.4. The van der Waals surface area contributed by atoms with E-state index in [0.29, 0.717) is 5.56 Å². The molecule has 0 spiro atoms. The van der Waals surface area contributed by atoms with Crippen LogP contribution >= 0.6 is 0 Å². The van der Waals surface area contributed by atoms with Crippen LogP contribution in [-0.2, 0) is 10.8 Å². The van der Waals surface area contributed by atoms with E-state index in [-0.39, 0.29) is 28.1 Å². The van der Waals surface area contributed by atoms with Gasteiger partial charge in [-0.1, -0.05) is 39.8 Å². The van der Waals surface area contributed by atoms with Crippen LogP contribution in [0.1, 0.15) is 69.3 Å². The Morgan fingerprint density at radius 2 is 1.86 bits per heavy atom. The predicted molar refractivity (Wildman–Crippen MR) is 120 cm³/mol. The lowest BCUT2D eigenvalue weighted by Gasteiger charge is -2.46. The summed E-state index contributed by atoms with van der Waals surface area (Å²) in [6.07, 6.45) is 7.00. The van der Waals surface area contributed by atoms with E-state index in [9.17, 15) is 9.90 Å². The normalized spacial score (nSPS) is 27.2. The van der Waals surface area contributed by atoms with Gasteiger partial charge in [-0.3, -0.25) is 4.79 Å². The van der Waals surface area contributed by atoms with Gasteiger partial charge in [0.15, 0.2) is 14.1 Å². The van der Waals surface area contributed by atoms with Crippen molar-refractivity contribution >= 4 is 14.1 Å². The van der Waals surface area contributed by atoms with Gasteiger partial charge in [-0.25, -0.2) is 0 Å². The van der Waals surface area contributed by atoms with Gasteiger partial charge < -0.3 is 9.53 Å². The fraction of sp³-hybridized carbons (Fsp3) is 0.560. The van der Waals surface area contributed by atoms with E-state index >= 15 is 0 Å². The zero-order chi connectivity index (χ0) is 21.2. The highest BCUT2D eigenvalue weighted by molar-refractivity contribution is 6.74. The Morgan fingerprint density at radius 3 is 2.55 bits per heavy atom. The SMILES string of the molecule is CC(C)(C)[Si](C)(C)O[C@H]1CC=C2C3=C(CC[C@@]21C)C(=O)c1cc(O)ccc1CC3. The summed E-state index contributed by atoms with van der Waals surface area (Å²) in [5.41, 5.74) is 5.30. The van der Waals surface area contributed by atoms with Gasteiger partial charge in [-0.15, -0.1) is 0 Å². The van der Waals surface area contributed by atoms with Crippen molar-refractivity contribution in [2.75, 3.05) is 0 Å². The third kappa shape index (κ3) is 3.25. The van der Waals surface area contributed by atoms with Crippen LogP contribution in [0.5, 0.6) is 5.75 Å². The predicted octanol–water partition coefficient (Wildman–Crippen LogP) is 6.34. The smallest absolute Gasteiger partial charge is 0.192 e. The first kappa shape index (κ1) is 20.6. The highest BCUT2D eigenvalue weighted by Crippen LogP contribution is 2.55. The molecule has 1 N–H and O–H groups in total. The summed E-state index contributed by atoms with van der Waals surface area (Å²) in [5, 5.41) is 10.1. The monoisotopic (exact) mass is 410 g/mol. The van der Waals surface area contributed by atoms with Crippen molar-refractivity contribution < 1.29 is 14.3 Å². The van der Waals surface area contributed by atoms with E-state index in [1.807, 2.05) is 6.07 Å². The summed E-state index contributed by atoms with van der Waals surface area (Å²) in [5.74, 6) is 0.282. The molecule has 4 rings (SSSR count). The number of rotatable bonds is 2. The molecule has 29 heavy (non-hydrogen) atoms. The second kappa shape index (κ2) is 6.68. The minimum absolute atomic E-state index is 0.00665. The Morgan fingerprint density at radius 1 is 1.14 bits per heavy atom. The van der Waals surface area contributed by atoms with Crippen LogP contribution in [0.15, 0.2) is 41.0 Å². The fourth-order valence-electron chi connectivity index (χ4n) is 5.02. The number of hydrogen-bond donors (Lipinski definition) is 1. The number of hydrogen-bond acceptors (Lipinski definition) is 3. The number of carbonyl (C=O) groups is 1. The van der Waals surface area contributed by atoms with Crippen molar-refractivity contribution in [3.8, 4) is 5.75 Å². The first-order valence-electron chi connectivity index (χ1n) is 10.9. The Bertz CT molecular complexity index is 932. The number of allylic oxidation sites excluding steroid dienone is 2. The van der Waals surface area contributed by atoms with Crippen LogP contribution in [0.4, 0.5) is 0 Å². The molecule has 4 heteroatoms. The van der Waals surface area contributed by atoms with Crippen molar-refractivity contribution in [1.29, 1.82) is 0 Å². The number of benzene rings is 1. The zero-order valence-corrected chi connectivity index (χ0v) is 19.7. The molecule has 0 bridgehead atoms. The van der Waals surface area contributed by atoms with Gasteiger partial charge in [0.25, 0.3) is 0 Å². The standard InChI is InChI=1S/C25H34O3Si/c1-24(2,3)29(5,6)28-22-12-11-21-18-10-8-16-7-9-17(26)15-20(16)23(27)19(18)13-14-25(21,22)4/h7,9,11,15,22,26H,8,10,12-14H2,1-6H3/t22-,25-/m0/s1. The number of fused-ring (bicyclic) bond motifs is 3. The largest absolute Gasteiger partial charge is 0.508 e. The van der Waals surface area contributed by atoms with Crippen LogP contribution in [0.25, 0.3) is 0 Å². The topological polar surface area (TPSA) is 46.5 Å². The lowest BCUT2D eigenvalue weighted by molar-refractivity contribution is 0.0788. The number of carbonyl (C=O) groups excluding carboxylic acids is 1. The van der Waals surface area contributed by atoms with E-state index in [1.165, 1.54) is 11.1 Å². The van der Waals surface area contributed by atoms with Crippen LogP contribution in [0.2, 0.25) is 18.1 Å². The summed E-state index contributed by atoms with van der Waals surface area (Å²) in [6.45, 7) is 13.9. The maximum Gasteiger partial charge on any atom is 0.192 e. The molecule has 0 fully saturated rings. The third-order valence-corrected chi connectivity index (χ3v) is 12.4. The van der Waals surface area contributed by atoms with Gasteiger partial charge in [-0.2, -0.15) is 0 Å². The Balaban J connectivity index is 1.67. The Kier molecular flexibility index (Phi) is 4.75. The van der Waals surface area contributed by atoms with Crippen molar-refractivity contribution in [3.05, 3.63) is 52.1 Å². The van der Waals surface area contributed by atoms with Gasteiger partial charge in [0.2, 0.25) is 0 Å². The molecule has 2 atom stereocenters. The molecule has 0 aromatic heterocycles. The van der Waals surface area contributed by atoms with Crippen molar-refractivity contribution in [1.82, 2.24) is 0 Å². The molecule has 3 aliphatic rings. The molecule has 0 radical (unpaired) electrons. The lowest BCUT2D eigenvalue weighted by Crippen LogP contribution is -2.48. The molecule has 1 aromatic rings. The molecule has 0 saturated heterocycles. The van der Waals surface area contributed by atoms with E-state index in [1.54, 1.807) is 12.1 Å². The third-order valence-electron chi connectivity index (χ3n) is 7.95. The number of phenolic OH excluding ortho intramolecular Hbond substituents is 1. The van der Waals surface area contributed by atoms with Crippen LogP contribution in [-0.4, -0.2) is 25.3 Å². The maximum atomic E-state index is 13.3. The van der Waals surface area contributed by atoms with Crippen molar-refractivity contribution in [2.24, 2.45) is 5.41 Å². The highest BCUT2D eigenvalue weighted by atomic mass is 28.4. The van der Waals surface area contributed by atoms with Crippen molar-refractivity contribution in [2.45, 2.75) is 84.0 Å². The number of Topliss-reactive ketones (excluding diaryl/α,β-unsaturated/α-hetero) is 1. The quantitative estimate of drug-likeness (QED) is 0.579. The van der Waals surface area contributed by atoms with E-state index in [0.717, 1.165) is 43.2 Å². The zero-order valence-electron chi connectivity index (χ0n) is 18.7. The minimum atomic E-state index is -1.86. The molecular formula is C25H34O3Si. The number of aromatic hydroxyl groups is 1. The summed E-state index contributed by atoms with van der Waals surface area (Å²) in [4.78, 5) is 13.3. The maximum absolute atomic E-state index is 13.3. The molecule has 0 amide bonds. The molecule has 156 valence electrons. The van der Waals surface area contributed by atoms with Gasteiger partial charge in [-0.05, 0) is 79.1 Å². The second-order valence-electron chi connectivity index (χ2n) is 10.8. The summed E-state index contributed by atoms with van der Waals surface area (Å²) < 4.78 is 6.90. The van der Waals surface area contributed by atoms with Crippen LogP contribution in [0, 0.1) is 5.41 Å². The van der Waals surface area contributed by atoms with E-state index in [2.05, 4.69) is 46.9 Å². The average molecular weight is 411 g/mol. The fourth-order valence-corrected chi connectivity index (χ4v) is 6.44. The lowest BCUT2D eigenvalue weighted by atomic mass is 9.67.